The van der Waals surface area contributed by atoms with Gasteiger partial charge >= 0.3 is 5.69 Å². The number of aromatic amines is 1. The Labute approximate surface area is 190 Å². The minimum Gasteiger partial charge on any atom is -0.342 e. The summed E-state index contributed by atoms with van der Waals surface area (Å²) in [6, 6.07) is 7.44. The van der Waals surface area contributed by atoms with Gasteiger partial charge in [0.15, 0.2) is 5.82 Å². The van der Waals surface area contributed by atoms with E-state index in [0.29, 0.717) is 36.3 Å². The van der Waals surface area contributed by atoms with Crippen molar-refractivity contribution in [2.75, 3.05) is 11.1 Å². The van der Waals surface area contributed by atoms with Crippen molar-refractivity contribution in [2.24, 2.45) is 0 Å². The van der Waals surface area contributed by atoms with Gasteiger partial charge in [-0.3, -0.25) is 14.3 Å². The minimum atomic E-state index is -0.406. The van der Waals surface area contributed by atoms with Crippen molar-refractivity contribution in [3.05, 3.63) is 67.9 Å². The van der Waals surface area contributed by atoms with Gasteiger partial charge in [-0.2, -0.15) is 16.7 Å². The van der Waals surface area contributed by atoms with E-state index < -0.39 is 5.69 Å². The second kappa shape index (κ2) is 10.2. The third-order valence-corrected chi connectivity index (χ3v) is 6.91. The lowest BCUT2D eigenvalue weighted by Crippen LogP contribution is -2.35. The smallest absolute Gasteiger partial charge is 0.329 e. The summed E-state index contributed by atoms with van der Waals surface area (Å²) in [6.45, 7) is 4.53. The van der Waals surface area contributed by atoms with Gasteiger partial charge in [-0.15, -0.1) is 0 Å². The van der Waals surface area contributed by atoms with Gasteiger partial charge in [-0.25, -0.2) is 4.79 Å². The number of rotatable bonds is 10. The average Bonchev–Trinajstić information content (AvgIpc) is 3.17. The number of benzene rings is 1. The molecule has 0 radical (unpaired) electrons. The van der Waals surface area contributed by atoms with Gasteiger partial charge in [0.1, 0.15) is 5.82 Å². The Morgan fingerprint density at radius 2 is 2.12 bits per heavy atom. The molecule has 0 aliphatic heterocycles. The first kappa shape index (κ1) is 22.4. The van der Waals surface area contributed by atoms with Gasteiger partial charge in [-0.05, 0) is 61.6 Å². The zero-order chi connectivity index (χ0) is 22.5. The SMILES string of the molecule is CCc1cc(Nc2cc(=O)n(CCCSCc3noc(C4CCC4)n3)c(=O)[nH]2)ccc1C. The molecular weight excluding hydrogens is 426 g/mol. The first-order chi connectivity index (χ1) is 15.5. The molecule has 170 valence electrons. The molecule has 8 nitrogen and oxygen atoms in total. The molecule has 2 heterocycles. The van der Waals surface area contributed by atoms with E-state index in [2.05, 4.69) is 34.3 Å². The summed E-state index contributed by atoms with van der Waals surface area (Å²) < 4.78 is 6.56. The summed E-state index contributed by atoms with van der Waals surface area (Å²) >= 11 is 1.67. The molecule has 1 fully saturated rings. The van der Waals surface area contributed by atoms with Crippen molar-refractivity contribution in [3.8, 4) is 0 Å². The second-order valence-corrected chi connectivity index (χ2v) is 9.29. The van der Waals surface area contributed by atoms with Crippen molar-refractivity contribution < 1.29 is 4.52 Å². The Hall–Kier alpha value is -2.81. The Bertz CT molecular complexity index is 1150. The molecule has 1 aliphatic rings. The number of aromatic nitrogens is 4. The predicted octanol–water partition coefficient (Wildman–Crippen LogP) is 4.13. The Kier molecular flexibility index (Phi) is 7.14. The van der Waals surface area contributed by atoms with Crippen LogP contribution in [-0.2, 0) is 18.7 Å². The summed E-state index contributed by atoms with van der Waals surface area (Å²) in [6.07, 6.45) is 5.13. The van der Waals surface area contributed by atoms with Crippen molar-refractivity contribution in [1.82, 2.24) is 19.7 Å². The van der Waals surface area contributed by atoms with E-state index in [1.807, 2.05) is 18.2 Å². The van der Waals surface area contributed by atoms with Gasteiger partial charge in [0.25, 0.3) is 5.56 Å². The molecule has 32 heavy (non-hydrogen) atoms. The van der Waals surface area contributed by atoms with Crippen LogP contribution in [0.5, 0.6) is 0 Å². The number of thioether (sulfide) groups is 1. The molecule has 2 aromatic heterocycles. The van der Waals surface area contributed by atoms with Crippen LogP contribution < -0.4 is 16.6 Å². The van der Waals surface area contributed by atoms with Crippen molar-refractivity contribution in [1.29, 1.82) is 0 Å². The van der Waals surface area contributed by atoms with Crippen LogP contribution in [0.2, 0.25) is 0 Å². The normalized spacial score (nSPS) is 13.8. The lowest BCUT2D eigenvalue weighted by atomic mass is 9.85. The topological polar surface area (TPSA) is 106 Å². The van der Waals surface area contributed by atoms with Crippen LogP contribution in [0.15, 0.2) is 38.4 Å². The molecule has 0 bridgehead atoms. The largest absolute Gasteiger partial charge is 0.342 e. The summed E-state index contributed by atoms with van der Waals surface area (Å²) in [5.74, 6) is 3.77. The number of aryl methyl sites for hydroxylation is 2. The predicted molar refractivity (Wildman–Crippen MR) is 127 cm³/mol. The van der Waals surface area contributed by atoms with Gasteiger partial charge < -0.3 is 9.84 Å². The lowest BCUT2D eigenvalue weighted by Gasteiger charge is -2.20. The number of hydrogen-bond donors (Lipinski definition) is 2. The maximum absolute atomic E-state index is 12.5. The monoisotopic (exact) mass is 455 g/mol. The van der Waals surface area contributed by atoms with E-state index in [1.165, 1.54) is 28.2 Å². The van der Waals surface area contributed by atoms with Crippen LogP contribution in [0.3, 0.4) is 0 Å². The number of nitrogens with one attached hydrogen (secondary N) is 2. The second-order valence-electron chi connectivity index (χ2n) is 8.18. The Morgan fingerprint density at radius 3 is 2.84 bits per heavy atom. The molecule has 3 aromatic rings. The molecular formula is C23H29N5O3S. The first-order valence-corrected chi connectivity index (χ1v) is 12.3. The Balaban J connectivity index is 1.28. The number of hydrogen-bond acceptors (Lipinski definition) is 7. The average molecular weight is 456 g/mol. The zero-order valence-electron chi connectivity index (χ0n) is 18.5. The lowest BCUT2D eigenvalue weighted by molar-refractivity contribution is 0.291. The van der Waals surface area contributed by atoms with E-state index >= 15 is 0 Å². The highest BCUT2D eigenvalue weighted by molar-refractivity contribution is 7.98. The van der Waals surface area contributed by atoms with Gasteiger partial charge in [0.2, 0.25) is 5.89 Å². The number of nitrogens with zero attached hydrogens (tertiary/aromatic N) is 3. The van der Waals surface area contributed by atoms with Crippen molar-refractivity contribution in [2.45, 2.75) is 64.2 Å². The summed E-state index contributed by atoms with van der Waals surface area (Å²) in [4.78, 5) is 32.1. The maximum atomic E-state index is 12.5. The molecule has 1 aliphatic carbocycles. The molecule has 1 saturated carbocycles. The van der Waals surface area contributed by atoms with Crippen molar-refractivity contribution >= 4 is 23.3 Å². The van der Waals surface area contributed by atoms with E-state index in [9.17, 15) is 9.59 Å². The van der Waals surface area contributed by atoms with Crippen LogP contribution >= 0.6 is 11.8 Å². The highest BCUT2D eigenvalue weighted by atomic mass is 32.2. The third kappa shape index (κ3) is 5.32. The van der Waals surface area contributed by atoms with E-state index in [4.69, 9.17) is 4.52 Å². The maximum Gasteiger partial charge on any atom is 0.329 e. The van der Waals surface area contributed by atoms with Crippen LogP contribution in [-0.4, -0.2) is 25.4 Å². The van der Waals surface area contributed by atoms with E-state index in [1.54, 1.807) is 11.8 Å². The molecule has 1 aromatic carbocycles. The summed E-state index contributed by atoms with van der Waals surface area (Å²) in [7, 11) is 0. The first-order valence-electron chi connectivity index (χ1n) is 11.1. The van der Waals surface area contributed by atoms with Crippen LogP contribution in [0.25, 0.3) is 0 Å². The molecule has 0 saturated heterocycles. The fourth-order valence-electron chi connectivity index (χ4n) is 3.72. The van der Waals surface area contributed by atoms with Gasteiger partial charge in [0.05, 0.1) is 5.75 Å². The standard InChI is InChI=1S/C23H29N5O3S/c1-3-16-12-18(9-8-15(16)2)24-19-13-21(29)28(23(30)26-19)10-5-11-32-14-20-25-22(31-27-20)17-6-4-7-17/h8-9,12-13,17,24H,3-7,10-11,14H2,1-2H3,(H,26,30). The zero-order valence-corrected chi connectivity index (χ0v) is 19.3. The number of H-pyrrole nitrogens is 1. The highest BCUT2D eigenvalue weighted by Gasteiger charge is 2.25. The van der Waals surface area contributed by atoms with Crippen LogP contribution in [0, 0.1) is 6.92 Å². The minimum absolute atomic E-state index is 0.313. The quantitative estimate of drug-likeness (QED) is 0.443. The van der Waals surface area contributed by atoms with Crippen LogP contribution in [0.1, 0.15) is 61.4 Å². The van der Waals surface area contributed by atoms with Crippen LogP contribution in [0.4, 0.5) is 11.5 Å². The summed E-state index contributed by atoms with van der Waals surface area (Å²) in [5, 5.41) is 7.17. The van der Waals surface area contributed by atoms with Crippen molar-refractivity contribution in [3.63, 3.8) is 0 Å². The van der Waals surface area contributed by atoms with E-state index in [0.717, 1.165) is 36.6 Å². The Morgan fingerprint density at radius 1 is 1.28 bits per heavy atom. The third-order valence-electron chi connectivity index (χ3n) is 5.87. The molecule has 0 atom stereocenters. The molecule has 2 N–H and O–H groups in total. The number of anilines is 2. The van der Waals surface area contributed by atoms with Gasteiger partial charge in [0, 0.05) is 24.2 Å². The molecule has 0 amide bonds. The van der Waals surface area contributed by atoms with E-state index in [-0.39, 0.29) is 5.56 Å². The van der Waals surface area contributed by atoms with Gasteiger partial charge in [-0.1, -0.05) is 24.6 Å². The fourth-order valence-corrected chi connectivity index (χ4v) is 4.50. The molecule has 0 unspecified atom stereocenters. The fraction of sp³-hybridized carbons (Fsp3) is 0.478. The highest BCUT2D eigenvalue weighted by Crippen LogP contribution is 2.35. The molecule has 9 heteroatoms. The summed E-state index contributed by atoms with van der Waals surface area (Å²) in [5.41, 5.74) is 2.57. The molecule has 4 rings (SSSR count). The molecule has 0 spiro atoms.